The second kappa shape index (κ2) is 7.38. The Morgan fingerprint density at radius 1 is 1.16 bits per heavy atom. The molecule has 0 radical (unpaired) electrons. The minimum absolute atomic E-state index is 0.0410. The van der Waals surface area contributed by atoms with E-state index in [0.717, 1.165) is 23.2 Å². The fourth-order valence-electron chi connectivity index (χ4n) is 3.06. The fourth-order valence-corrected chi connectivity index (χ4v) is 3.06. The Hall–Kier alpha value is -2.82. The van der Waals surface area contributed by atoms with Crippen molar-refractivity contribution in [2.75, 3.05) is 17.2 Å². The number of hydrogen-bond donors (Lipinski definition) is 2. The molecule has 25 heavy (non-hydrogen) atoms. The number of nitrogens with two attached hydrogens (primary N) is 1. The van der Waals surface area contributed by atoms with Crippen LogP contribution in [0.15, 0.2) is 48.5 Å². The van der Waals surface area contributed by atoms with Crippen molar-refractivity contribution < 1.29 is 9.59 Å². The van der Waals surface area contributed by atoms with Crippen LogP contribution in [0.2, 0.25) is 0 Å². The van der Waals surface area contributed by atoms with Crippen LogP contribution in [0.3, 0.4) is 0 Å². The molecule has 5 nitrogen and oxygen atoms in total. The third-order valence-corrected chi connectivity index (χ3v) is 4.46. The van der Waals surface area contributed by atoms with Gasteiger partial charge in [-0.25, -0.2) is 0 Å². The molecule has 0 spiro atoms. The number of piperidine rings is 1. The highest BCUT2D eigenvalue weighted by Crippen LogP contribution is 2.21. The second-order valence-electron chi connectivity index (χ2n) is 6.51. The maximum atomic E-state index is 12.7. The van der Waals surface area contributed by atoms with Crippen molar-refractivity contribution in [1.29, 1.82) is 0 Å². The lowest BCUT2D eigenvalue weighted by molar-refractivity contribution is -0.128. The number of carbonyl (C=O) groups is 2. The molecular weight excluding hydrogens is 314 g/mol. The zero-order valence-corrected chi connectivity index (χ0v) is 14.4. The van der Waals surface area contributed by atoms with E-state index < -0.39 is 6.04 Å². The Labute approximate surface area is 147 Å². The van der Waals surface area contributed by atoms with Gasteiger partial charge < -0.3 is 16.0 Å². The molecule has 2 amide bonds. The van der Waals surface area contributed by atoms with E-state index in [1.54, 1.807) is 17.0 Å². The normalized spacial score (nSPS) is 17.4. The smallest absolute Gasteiger partial charge is 0.249 e. The second-order valence-corrected chi connectivity index (χ2v) is 6.51. The number of nitrogens with zero attached hydrogens (tertiary/aromatic N) is 1. The molecule has 2 aromatic carbocycles. The van der Waals surface area contributed by atoms with Gasteiger partial charge in [0.15, 0.2) is 0 Å². The number of anilines is 2. The molecular formula is C20H23N3O2. The number of aryl methyl sites for hydroxylation is 1. The zero-order valence-electron chi connectivity index (χ0n) is 14.4. The summed E-state index contributed by atoms with van der Waals surface area (Å²) in [4.78, 5) is 26.8. The largest absolute Gasteiger partial charge is 0.399 e. The lowest BCUT2D eigenvalue weighted by atomic mass is 10.0. The number of hydrogen-bond acceptors (Lipinski definition) is 3. The molecule has 1 fully saturated rings. The minimum Gasteiger partial charge on any atom is -0.399 e. The van der Waals surface area contributed by atoms with Gasteiger partial charge in [0.25, 0.3) is 0 Å². The molecule has 1 saturated heterocycles. The monoisotopic (exact) mass is 337 g/mol. The van der Waals surface area contributed by atoms with Crippen molar-refractivity contribution in [1.82, 2.24) is 5.32 Å². The molecule has 2 aromatic rings. The van der Waals surface area contributed by atoms with E-state index in [-0.39, 0.29) is 18.2 Å². The highest BCUT2D eigenvalue weighted by Gasteiger charge is 2.30. The fraction of sp³-hybridized carbons (Fsp3) is 0.300. The molecule has 0 aliphatic carbocycles. The average molecular weight is 337 g/mol. The summed E-state index contributed by atoms with van der Waals surface area (Å²) in [6, 6.07) is 14.6. The summed E-state index contributed by atoms with van der Waals surface area (Å²) in [6.07, 6.45) is 1.79. The van der Waals surface area contributed by atoms with Crippen LogP contribution in [-0.2, 0) is 16.0 Å². The summed E-state index contributed by atoms with van der Waals surface area (Å²) in [7, 11) is 0. The van der Waals surface area contributed by atoms with E-state index in [4.69, 9.17) is 5.73 Å². The van der Waals surface area contributed by atoms with Crippen LogP contribution in [0.25, 0.3) is 0 Å². The van der Waals surface area contributed by atoms with Crippen LogP contribution >= 0.6 is 0 Å². The molecule has 0 bridgehead atoms. The topological polar surface area (TPSA) is 75.4 Å². The van der Waals surface area contributed by atoms with E-state index in [0.29, 0.717) is 18.7 Å². The molecule has 130 valence electrons. The van der Waals surface area contributed by atoms with Crippen LogP contribution in [0.5, 0.6) is 0 Å². The number of carbonyl (C=O) groups excluding carboxylic acids is 2. The van der Waals surface area contributed by atoms with Crippen molar-refractivity contribution in [2.45, 2.75) is 32.2 Å². The van der Waals surface area contributed by atoms with Crippen molar-refractivity contribution in [3.63, 3.8) is 0 Å². The van der Waals surface area contributed by atoms with Crippen LogP contribution in [-0.4, -0.2) is 24.4 Å². The Bertz CT molecular complexity index is 754. The number of amides is 2. The lowest BCUT2D eigenvalue weighted by Gasteiger charge is -2.32. The molecule has 3 N–H and O–H groups in total. The van der Waals surface area contributed by atoms with E-state index in [1.165, 1.54) is 0 Å². The zero-order chi connectivity index (χ0) is 17.8. The first-order valence-electron chi connectivity index (χ1n) is 8.55. The molecule has 1 atom stereocenters. The molecule has 0 saturated carbocycles. The van der Waals surface area contributed by atoms with Gasteiger partial charge in [-0.15, -0.1) is 0 Å². The van der Waals surface area contributed by atoms with Crippen molar-refractivity contribution in [2.24, 2.45) is 0 Å². The van der Waals surface area contributed by atoms with Crippen LogP contribution in [0.1, 0.15) is 24.0 Å². The van der Waals surface area contributed by atoms with Crippen molar-refractivity contribution in [3.8, 4) is 0 Å². The molecule has 1 heterocycles. The SMILES string of the molecule is Cc1ccc(N2CCCC(NC(=O)Cc3ccc(N)cc3)C2=O)cc1. The lowest BCUT2D eigenvalue weighted by Crippen LogP contribution is -2.52. The first-order valence-corrected chi connectivity index (χ1v) is 8.55. The Balaban J connectivity index is 1.63. The van der Waals surface area contributed by atoms with Gasteiger partial charge in [0, 0.05) is 17.9 Å². The van der Waals surface area contributed by atoms with E-state index in [1.807, 2.05) is 43.3 Å². The van der Waals surface area contributed by atoms with Gasteiger partial charge in [-0.1, -0.05) is 29.8 Å². The predicted molar refractivity (Wildman–Crippen MR) is 99.3 cm³/mol. The van der Waals surface area contributed by atoms with E-state index in [2.05, 4.69) is 5.32 Å². The summed E-state index contributed by atoms with van der Waals surface area (Å²) in [5.41, 5.74) is 9.24. The molecule has 1 aliphatic rings. The number of nitrogens with one attached hydrogen (secondary N) is 1. The molecule has 5 heteroatoms. The summed E-state index contributed by atoms with van der Waals surface area (Å²) >= 11 is 0. The van der Waals surface area contributed by atoms with Crippen molar-refractivity contribution >= 4 is 23.2 Å². The third kappa shape index (κ3) is 4.18. The number of rotatable bonds is 4. The molecule has 0 aromatic heterocycles. The molecule has 1 aliphatic heterocycles. The first kappa shape index (κ1) is 17.0. The average Bonchev–Trinajstić information content (AvgIpc) is 2.60. The summed E-state index contributed by atoms with van der Waals surface area (Å²) < 4.78 is 0. The number of benzene rings is 2. The highest BCUT2D eigenvalue weighted by molar-refractivity contribution is 6.00. The van der Waals surface area contributed by atoms with Crippen molar-refractivity contribution in [3.05, 3.63) is 59.7 Å². The molecule has 3 rings (SSSR count). The van der Waals surface area contributed by atoms with Gasteiger partial charge in [0.2, 0.25) is 11.8 Å². The summed E-state index contributed by atoms with van der Waals surface area (Å²) in [5.74, 6) is -0.186. The predicted octanol–water partition coefficient (Wildman–Crippen LogP) is 2.43. The first-order chi connectivity index (χ1) is 12.0. The van der Waals surface area contributed by atoms with Crippen LogP contribution < -0.4 is 16.0 Å². The quantitative estimate of drug-likeness (QED) is 0.842. The Morgan fingerprint density at radius 2 is 1.84 bits per heavy atom. The van der Waals surface area contributed by atoms with Crippen LogP contribution in [0.4, 0.5) is 11.4 Å². The molecule has 1 unspecified atom stereocenters. The van der Waals surface area contributed by atoms with Gasteiger partial charge in [-0.3, -0.25) is 9.59 Å². The summed E-state index contributed by atoms with van der Waals surface area (Å²) in [6.45, 7) is 2.70. The van der Waals surface area contributed by atoms with Gasteiger partial charge in [-0.2, -0.15) is 0 Å². The van der Waals surface area contributed by atoms with Gasteiger partial charge in [-0.05, 0) is 49.6 Å². The standard InChI is InChI=1S/C20H23N3O2/c1-14-4-10-17(11-5-14)23-12-2-3-18(20(23)25)22-19(24)13-15-6-8-16(21)9-7-15/h4-11,18H,2-3,12-13,21H2,1H3,(H,22,24). The maximum absolute atomic E-state index is 12.7. The number of nitrogen functional groups attached to an aromatic ring is 1. The van der Waals surface area contributed by atoms with Gasteiger partial charge in [0.1, 0.15) is 6.04 Å². The summed E-state index contributed by atoms with van der Waals surface area (Å²) in [5, 5.41) is 2.88. The van der Waals surface area contributed by atoms with E-state index >= 15 is 0 Å². The van der Waals surface area contributed by atoms with E-state index in [9.17, 15) is 9.59 Å². The maximum Gasteiger partial charge on any atom is 0.249 e. The van der Waals surface area contributed by atoms with Gasteiger partial charge >= 0.3 is 0 Å². The minimum atomic E-state index is -0.462. The Morgan fingerprint density at radius 3 is 2.52 bits per heavy atom. The third-order valence-electron chi connectivity index (χ3n) is 4.46. The highest BCUT2D eigenvalue weighted by atomic mass is 16.2. The van der Waals surface area contributed by atoms with Gasteiger partial charge in [0.05, 0.1) is 6.42 Å². The Kier molecular flexibility index (Phi) is 5.03. The van der Waals surface area contributed by atoms with Crippen LogP contribution in [0, 0.1) is 6.92 Å².